The van der Waals surface area contributed by atoms with E-state index in [0.29, 0.717) is 28.5 Å². The number of imidazole rings is 1. The lowest BCUT2D eigenvalue weighted by molar-refractivity contribution is 0.0692. The van der Waals surface area contributed by atoms with Crippen LogP contribution in [0, 0.1) is 5.92 Å². The number of anilines is 1. The number of nitrogens with zero attached hydrogens (tertiary/aromatic N) is 4. The molecule has 0 saturated carbocycles. The van der Waals surface area contributed by atoms with Crippen LogP contribution in [-0.2, 0) is 0 Å². The Morgan fingerprint density at radius 1 is 1.28 bits per heavy atom. The highest BCUT2D eigenvalue weighted by molar-refractivity contribution is 5.99. The van der Waals surface area contributed by atoms with E-state index in [0.717, 1.165) is 31.3 Å². The van der Waals surface area contributed by atoms with Gasteiger partial charge in [-0.15, -0.1) is 0 Å². The second-order valence-electron chi connectivity index (χ2n) is 6.62. The summed E-state index contributed by atoms with van der Waals surface area (Å²) < 4.78 is 7.03. The summed E-state index contributed by atoms with van der Waals surface area (Å²) in [5, 5.41) is 0.805. The van der Waals surface area contributed by atoms with Crippen molar-refractivity contribution in [1.82, 2.24) is 19.3 Å². The fourth-order valence-electron chi connectivity index (χ4n) is 3.37. The molecule has 25 heavy (non-hydrogen) atoms. The number of likely N-dealkylation sites (tertiary alicyclic amines) is 1. The normalized spacial score (nSPS) is 15.8. The first kappa shape index (κ1) is 15.7. The quantitative estimate of drug-likeness (QED) is 0.774. The Bertz CT molecular complexity index is 957. The number of methoxy groups -OCH3 is 1. The van der Waals surface area contributed by atoms with Crippen LogP contribution in [0.1, 0.15) is 30.3 Å². The second-order valence-corrected chi connectivity index (χ2v) is 6.62. The molecule has 4 rings (SSSR count). The van der Waals surface area contributed by atoms with E-state index in [4.69, 9.17) is 10.5 Å². The molecule has 3 heterocycles. The largest absolute Gasteiger partial charge is 0.494 e. The molecule has 7 nitrogen and oxygen atoms in total. The fraction of sp³-hybridized carbons (Fsp3) is 0.389. The Labute approximate surface area is 145 Å². The lowest BCUT2D eigenvalue weighted by Crippen LogP contribution is -2.38. The summed E-state index contributed by atoms with van der Waals surface area (Å²) in [6, 6.07) is 5.61. The summed E-state index contributed by atoms with van der Waals surface area (Å²) in [6.45, 7) is 3.77. The minimum absolute atomic E-state index is 0.0500. The van der Waals surface area contributed by atoms with E-state index in [1.54, 1.807) is 17.7 Å². The van der Waals surface area contributed by atoms with Crippen LogP contribution in [0.15, 0.2) is 24.4 Å². The van der Waals surface area contributed by atoms with Gasteiger partial charge in [0.2, 0.25) is 5.95 Å². The average Bonchev–Trinajstić information content (AvgIpc) is 3.08. The topological polar surface area (TPSA) is 85.8 Å². The number of aromatic nitrogens is 3. The van der Waals surface area contributed by atoms with Crippen molar-refractivity contribution in [2.75, 3.05) is 25.9 Å². The third kappa shape index (κ3) is 2.56. The van der Waals surface area contributed by atoms with Gasteiger partial charge in [0.05, 0.1) is 7.11 Å². The molecular formula is C18H21N5O2. The Balaban J connectivity index is 1.81. The molecule has 2 N–H and O–H groups in total. The van der Waals surface area contributed by atoms with Crippen LogP contribution < -0.4 is 10.5 Å². The van der Waals surface area contributed by atoms with Gasteiger partial charge in [-0.05, 0) is 30.9 Å². The molecule has 0 atom stereocenters. The summed E-state index contributed by atoms with van der Waals surface area (Å²) >= 11 is 0. The molecule has 130 valence electrons. The highest BCUT2D eigenvalue weighted by Crippen LogP contribution is 2.28. The molecule has 0 radical (unpaired) electrons. The standard InChI is InChI=1S/C18H21N5O2/c1-11-6-8-22(9-7-11)17(24)13-10-23-16(20-13)12-4-3-5-14(25-2)15(12)21-18(23)19/h3-5,10-11H,6-9H2,1-2H3,(H2,19,21). The Morgan fingerprint density at radius 3 is 2.76 bits per heavy atom. The first-order chi connectivity index (χ1) is 12.1. The molecule has 1 fully saturated rings. The molecule has 1 aliphatic heterocycles. The molecular weight excluding hydrogens is 318 g/mol. The van der Waals surface area contributed by atoms with Gasteiger partial charge >= 0.3 is 0 Å². The maximum Gasteiger partial charge on any atom is 0.274 e. The van der Waals surface area contributed by atoms with Gasteiger partial charge in [0, 0.05) is 24.7 Å². The van der Waals surface area contributed by atoms with Crippen LogP contribution in [0.5, 0.6) is 5.75 Å². The van der Waals surface area contributed by atoms with E-state index in [1.807, 2.05) is 23.1 Å². The van der Waals surface area contributed by atoms with E-state index in [1.165, 1.54) is 0 Å². The number of nitrogens with two attached hydrogens (primary N) is 1. The second kappa shape index (κ2) is 5.91. The third-order valence-corrected chi connectivity index (χ3v) is 4.93. The maximum absolute atomic E-state index is 12.8. The number of piperidine rings is 1. The molecule has 0 aliphatic carbocycles. The Hall–Kier alpha value is -2.83. The first-order valence-corrected chi connectivity index (χ1v) is 8.49. The van der Waals surface area contributed by atoms with Crippen molar-refractivity contribution in [2.24, 2.45) is 5.92 Å². The number of hydrogen-bond donors (Lipinski definition) is 1. The predicted octanol–water partition coefficient (Wildman–Crippen LogP) is 2.35. The van der Waals surface area contributed by atoms with Crippen LogP contribution in [0.2, 0.25) is 0 Å². The van der Waals surface area contributed by atoms with Crippen molar-refractivity contribution in [3.63, 3.8) is 0 Å². The fourth-order valence-corrected chi connectivity index (χ4v) is 3.37. The predicted molar refractivity (Wildman–Crippen MR) is 95.8 cm³/mol. The van der Waals surface area contributed by atoms with Gasteiger partial charge < -0.3 is 15.4 Å². The molecule has 3 aromatic rings. The summed E-state index contributed by atoms with van der Waals surface area (Å²) in [6.07, 6.45) is 3.74. The van der Waals surface area contributed by atoms with E-state index in [-0.39, 0.29) is 11.9 Å². The summed E-state index contributed by atoms with van der Waals surface area (Å²) in [5.74, 6) is 1.53. The number of carbonyl (C=O) groups excluding carboxylic acids is 1. The van der Waals surface area contributed by atoms with Crippen molar-refractivity contribution in [2.45, 2.75) is 19.8 Å². The molecule has 1 aromatic carbocycles. The third-order valence-electron chi connectivity index (χ3n) is 4.93. The molecule has 2 aromatic heterocycles. The zero-order valence-corrected chi connectivity index (χ0v) is 14.4. The lowest BCUT2D eigenvalue weighted by atomic mass is 9.99. The van der Waals surface area contributed by atoms with E-state index in [2.05, 4.69) is 16.9 Å². The minimum Gasteiger partial charge on any atom is -0.494 e. The Kier molecular flexibility index (Phi) is 3.71. The van der Waals surface area contributed by atoms with Crippen molar-refractivity contribution < 1.29 is 9.53 Å². The van der Waals surface area contributed by atoms with Crippen LogP contribution >= 0.6 is 0 Å². The van der Waals surface area contributed by atoms with Gasteiger partial charge in [0.15, 0.2) is 0 Å². The number of fused-ring (bicyclic) bond motifs is 3. The van der Waals surface area contributed by atoms with Crippen molar-refractivity contribution >= 4 is 28.4 Å². The number of rotatable bonds is 2. The molecule has 0 spiro atoms. The number of ether oxygens (including phenoxy) is 1. The number of amides is 1. The smallest absolute Gasteiger partial charge is 0.274 e. The zero-order valence-electron chi connectivity index (χ0n) is 14.4. The number of benzene rings is 1. The zero-order chi connectivity index (χ0) is 17.6. The van der Waals surface area contributed by atoms with Gasteiger partial charge in [-0.3, -0.25) is 9.20 Å². The van der Waals surface area contributed by atoms with Gasteiger partial charge in [-0.25, -0.2) is 9.97 Å². The molecule has 0 bridgehead atoms. The van der Waals surface area contributed by atoms with Gasteiger partial charge in [0.1, 0.15) is 22.6 Å². The molecule has 0 unspecified atom stereocenters. The van der Waals surface area contributed by atoms with Crippen molar-refractivity contribution in [1.29, 1.82) is 0 Å². The maximum atomic E-state index is 12.8. The summed E-state index contributed by atoms with van der Waals surface area (Å²) in [7, 11) is 1.59. The molecule has 1 aliphatic rings. The van der Waals surface area contributed by atoms with E-state index in [9.17, 15) is 4.79 Å². The molecule has 7 heteroatoms. The van der Waals surface area contributed by atoms with Crippen molar-refractivity contribution in [3.8, 4) is 5.75 Å². The van der Waals surface area contributed by atoms with Gasteiger partial charge in [-0.2, -0.15) is 0 Å². The monoisotopic (exact) mass is 339 g/mol. The molecule has 1 saturated heterocycles. The van der Waals surface area contributed by atoms with Crippen LogP contribution in [-0.4, -0.2) is 45.4 Å². The van der Waals surface area contributed by atoms with Gasteiger partial charge in [0.25, 0.3) is 5.91 Å². The first-order valence-electron chi connectivity index (χ1n) is 8.49. The van der Waals surface area contributed by atoms with Gasteiger partial charge in [-0.1, -0.05) is 13.0 Å². The number of hydrogen-bond acceptors (Lipinski definition) is 5. The Morgan fingerprint density at radius 2 is 2.04 bits per heavy atom. The highest BCUT2D eigenvalue weighted by Gasteiger charge is 2.24. The van der Waals surface area contributed by atoms with Crippen LogP contribution in [0.3, 0.4) is 0 Å². The lowest BCUT2D eigenvalue weighted by Gasteiger charge is -2.29. The number of para-hydroxylation sites is 1. The van der Waals surface area contributed by atoms with Crippen molar-refractivity contribution in [3.05, 3.63) is 30.1 Å². The average molecular weight is 339 g/mol. The number of nitrogen functional groups attached to an aromatic ring is 1. The van der Waals surface area contributed by atoms with Crippen LogP contribution in [0.25, 0.3) is 16.6 Å². The highest BCUT2D eigenvalue weighted by atomic mass is 16.5. The SMILES string of the molecule is COc1cccc2c1nc(N)n1cc(C(=O)N3CCC(C)CC3)nc21. The van der Waals surface area contributed by atoms with E-state index < -0.39 is 0 Å². The summed E-state index contributed by atoms with van der Waals surface area (Å²) in [4.78, 5) is 23.7. The molecule has 1 amide bonds. The minimum atomic E-state index is -0.0500. The summed E-state index contributed by atoms with van der Waals surface area (Å²) in [5.41, 5.74) is 7.75. The van der Waals surface area contributed by atoms with Crippen LogP contribution in [0.4, 0.5) is 5.95 Å². The number of carbonyl (C=O) groups is 1. The van der Waals surface area contributed by atoms with E-state index >= 15 is 0 Å².